The number of alkyl halides is 4. The van der Waals surface area contributed by atoms with Crippen LogP contribution in [0.5, 0.6) is 5.75 Å². The van der Waals surface area contributed by atoms with Crippen molar-refractivity contribution in [2.75, 3.05) is 41.4 Å². The minimum absolute atomic E-state index is 0.115. The zero-order valence-electron chi connectivity index (χ0n) is 17.3. The van der Waals surface area contributed by atoms with E-state index in [1.165, 1.54) is 6.07 Å². The Hall–Kier alpha value is -2.40. The van der Waals surface area contributed by atoms with Crippen LogP contribution >= 0.6 is 15.9 Å². The molecule has 1 fully saturated rings. The maximum atomic E-state index is 13.3. The molecule has 166 valence electrons. The number of unbranched alkanes of at least 4 members (excludes halogenated alkanes) is 1. The molecule has 0 aromatic heterocycles. The highest BCUT2D eigenvalue weighted by Crippen LogP contribution is 2.35. The molecule has 1 aliphatic heterocycles. The number of nitrogens with zero attached hydrogens (tertiary/aromatic N) is 3. The van der Waals surface area contributed by atoms with E-state index in [9.17, 15) is 13.2 Å². The fourth-order valence-corrected chi connectivity index (χ4v) is 4.15. The Bertz CT molecular complexity index is 912. The number of halogens is 4. The molecule has 0 bridgehead atoms. The van der Waals surface area contributed by atoms with E-state index in [4.69, 9.17) is 10.00 Å². The molecule has 0 radical (unpaired) electrons. The summed E-state index contributed by atoms with van der Waals surface area (Å²) in [5.41, 5.74) is 0.326. The van der Waals surface area contributed by atoms with Gasteiger partial charge in [-0.1, -0.05) is 15.9 Å². The van der Waals surface area contributed by atoms with Gasteiger partial charge in [0.2, 0.25) is 0 Å². The molecule has 1 atom stereocenters. The third-order valence-corrected chi connectivity index (χ3v) is 5.95. The summed E-state index contributed by atoms with van der Waals surface area (Å²) in [6, 6.07) is 13.6. The topological polar surface area (TPSA) is 39.5 Å². The van der Waals surface area contributed by atoms with Crippen molar-refractivity contribution < 1.29 is 17.9 Å². The van der Waals surface area contributed by atoms with Crippen LogP contribution in [0.2, 0.25) is 0 Å². The molecule has 3 rings (SSSR count). The van der Waals surface area contributed by atoms with Crippen LogP contribution < -0.4 is 14.5 Å². The highest BCUT2D eigenvalue weighted by Gasteiger charge is 2.35. The number of ether oxygens (including phenoxy) is 1. The summed E-state index contributed by atoms with van der Waals surface area (Å²) in [6.07, 6.45) is -2.48. The second kappa shape index (κ2) is 10.3. The van der Waals surface area contributed by atoms with E-state index >= 15 is 0 Å². The molecule has 0 amide bonds. The maximum absolute atomic E-state index is 13.3. The number of rotatable bonds is 7. The van der Waals surface area contributed by atoms with Gasteiger partial charge in [-0.3, -0.25) is 0 Å². The van der Waals surface area contributed by atoms with Gasteiger partial charge in [0, 0.05) is 42.4 Å². The largest absolute Gasteiger partial charge is 0.494 e. The molecule has 1 aliphatic rings. The lowest BCUT2D eigenvalue weighted by molar-refractivity contribution is -0.137. The quantitative estimate of drug-likeness (QED) is 0.357. The SMILES string of the molecule is C[C@H]1CN(c2ccc(C#N)c(C(F)(F)F)c2)CCN1c1ccc(OCCCCBr)cc1. The van der Waals surface area contributed by atoms with Gasteiger partial charge in [-0.05, 0) is 62.2 Å². The molecule has 4 nitrogen and oxygen atoms in total. The highest BCUT2D eigenvalue weighted by molar-refractivity contribution is 9.09. The van der Waals surface area contributed by atoms with E-state index in [0.29, 0.717) is 31.9 Å². The lowest BCUT2D eigenvalue weighted by atomic mass is 10.0. The Morgan fingerprint density at radius 1 is 1.10 bits per heavy atom. The normalized spacial score (nSPS) is 16.8. The summed E-state index contributed by atoms with van der Waals surface area (Å²) in [4.78, 5) is 4.19. The van der Waals surface area contributed by atoms with Crippen LogP contribution in [0.25, 0.3) is 0 Å². The molecule has 1 saturated heterocycles. The molecule has 0 N–H and O–H groups in total. The summed E-state index contributed by atoms with van der Waals surface area (Å²) in [5, 5.41) is 9.97. The average Bonchev–Trinajstić information content (AvgIpc) is 2.76. The van der Waals surface area contributed by atoms with Crippen molar-refractivity contribution in [2.45, 2.75) is 32.0 Å². The fraction of sp³-hybridized carbons (Fsp3) is 0.435. The molecule has 2 aromatic rings. The lowest BCUT2D eigenvalue weighted by Gasteiger charge is -2.42. The molecular formula is C23H25BrF3N3O. The van der Waals surface area contributed by atoms with Crippen molar-refractivity contribution in [3.05, 3.63) is 53.6 Å². The van der Waals surface area contributed by atoms with Crippen molar-refractivity contribution in [1.82, 2.24) is 0 Å². The molecule has 8 heteroatoms. The van der Waals surface area contributed by atoms with Gasteiger partial charge in [0.25, 0.3) is 0 Å². The average molecular weight is 496 g/mol. The number of benzene rings is 2. The van der Waals surface area contributed by atoms with Crippen molar-refractivity contribution in [3.63, 3.8) is 0 Å². The van der Waals surface area contributed by atoms with Gasteiger partial charge in [-0.15, -0.1) is 0 Å². The van der Waals surface area contributed by atoms with Crippen molar-refractivity contribution in [3.8, 4) is 11.8 Å². The molecule has 0 unspecified atom stereocenters. The first-order valence-corrected chi connectivity index (χ1v) is 11.4. The Kier molecular flexibility index (Phi) is 7.71. The molecule has 0 aliphatic carbocycles. The van der Waals surface area contributed by atoms with E-state index in [-0.39, 0.29) is 11.6 Å². The van der Waals surface area contributed by atoms with Crippen LogP contribution in [0.1, 0.15) is 30.9 Å². The summed E-state index contributed by atoms with van der Waals surface area (Å²) >= 11 is 3.41. The van der Waals surface area contributed by atoms with Gasteiger partial charge in [-0.25, -0.2) is 0 Å². The first-order chi connectivity index (χ1) is 14.8. The van der Waals surface area contributed by atoms with Crippen LogP contribution in [0, 0.1) is 11.3 Å². The number of anilines is 2. The maximum Gasteiger partial charge on any atom is 0.417 e. The summed E-state index contributed by atoms with van der Waals surface area (Å²) in [5.74, 6) is 0.835. The van der Waals surface area contributed by atoms with E-state index in [1.54, 1.807) is 12.1 Å². The van der Waals surface area contributed by atoms with Crippen LogP contribution in [-0.2, 0) is 6.18 Å². The first-order valence-electron chi connectivity index (χ1n) is 10.2. The molecular weight excluding hydrogens is 471 g/mol. The van der Waals surface area contributed by atoms with E-state index in [2.05, 4.69) is 27.8 Å². The monoisotopic (exact) mass is 495 g/mol. The first kappa shape index (κ1) is 23.3. The van der Waals surface area contributed by atoms with Gasteiger partial charge in [0.15, 0.2) is 0 Å². The third-order valence-electron chi connectivity index (χ3n) is 5.39. The molecule has 1 heterocycles. The fourth-order valence-electron chi connectivity index (χ4n) is 3.76. The smallest absolute Gasteiger partial charge is 0.417 e. The van der Waals surface area contributed by atoms with Crippen molar-refractivity contribution in [1.29, 1.82) is 5.26 Å². The van der Waals surface area contributed by atoms with E-state index in [0.717, 1.165) is 35.7 Å². The number of nitriles is 1. The lowest BCUT2D eigenvalue weighted by Crippen LogP contribution is -2.52. The second-order valence-electron chi connectivity index (χ2n) is 7.57. The minimum atomic E-state index is -4.55. The second-order valence-corrected chi connectivity index (χ2v) is 8.36. The van der Waals surface area contributed by atoms with Crippen LogP contribution in [-0.4, -0.2) is 37.6 Å². The molecule has 2 aromatic carbocycles. The number of hydrogen-bond donors (Lipinski definition) is 0. The van der Waals surface area contributed by atoms with E-state index in [1.807, 2.05) is 29.2 Å². The van der Waals surface area contributed by atoms with Gasteiger partial charge >= 0.3 is 6.18 Å². The van der Waals surface area contributed by atoms with Gasteiger partial charge in [0.1, 0.15) is 5.75 Å². The predicted molar refractivity (Wildman–Crippen MR) is 120 cm³/mol. The highest BCUT2D eigenvalue weighted by atomic mass is 79.9. The van der Waals surface area contributed by atoms with Crippen LogP contribution in [0.3, 0.4) is 0 Å². The van der Waals surface area contributed by atoms with Crippen LogP contribution in [0.15, 0.2) is 42.5 Å². The summed E-state index contributed by atoms with van der Waals surface area (Å²) in [6.45, 7) is 4.62. The Labute approximate surface area is 189 Å². The van der Waals surface area contributed by atoms with Gasteiger partial charge in [0.05, 0.1) is 23.8 Å². The van der Waals surface area contributed by atoms with E-state index < -0.39 is 11.7 Å². The standard InChI is InChI=1S/C23H25BrF3N3O/c1-17-16-29(20-5-4-18(15-28)22(14-20)23(25,26)27)11-12-30(17)19-6-8-21(9-7-19)31-13-3-2-10-24/h4-9,14,17H,2-3,10-13,16H2,1H3/t17-/m0/s1. The Morgan fingerprint density at radius 3 is 2.42 bits per heavy atom. The predicted octanol–water partition coefficient (Wildman–Crippen LogP) is 5.85. The van der Waals surface area contributed by atoms with Gasteiger partial charge in [-0.2, -0.15) is 18.4 Å². The zero-order valence-corrected chi connectivity index (χ0v) is 18.9. The van der Waals surface area contributed by atoms with Gasteiger partial charge < -0.3 is 14.5 Å². The third kappa shape index (κ3) is 5.85. The Morgan fingerprint density at radius 2 is 1.81 bits per heavy atom. The summed E-state index contributed by atoms with van der Waals surface area (Å²) < 4.78 is 45.7. The zero-order chi connectivity index (χ0) is 22.4. The van der Waals surface area contributed by atoms with Crippen LogP contribution in [0.4, 0.5) is 24.5 Å². The summed E-state index contributed by atoms with van der Waals surface area (Å²) in [7, 11) is 0. The molecule has 31 heavy (non-hydrogen) atoms. The number of piperazine rings is 1. The minimum Gasteiger partial charge on any atom is -0.494 e. The molecule has 0 spiro atoms. The van der Waals surface area contributed by atoms with Crippen molar-refractivity contribution in [2.24, 2.45) is 0 Å². The Balaban J connectivity index is 1.65. The van der Waals surface area contributed by atoms with Crippen molar-refractivity contribution >= 4 is 27.3 Å². The molecule has 0 saturated carbocycles. The number of hydrogen-bond acceptors (Lipinski definition) is 4.